The maximum absolute atomic E-state index is 5.93. The van der Waals surface area contributed by atoms with E-state index in [0.717, 1.165) is 11.4 Å². The van der Waals surface area contributed by atoms with Gasteiger partial charge in [-0.15, -0.1) is 0 Å². The summed E-state index contributed by atoms with van der Waals surface area (Å²) in [6.45, 7) is 4.74. The molecule has 16 heavy (non-hydrogen) atoms. The van der Waals surface area contributed by atoms with Crippen LogP contribution < -0.4 is 10.6 Å². The smallest absolute Gasteiger partial charge is 0.133 e. The van der Waals surface area contributed by atoms with Crippen LogP contribution in [0.1, 0.15) is 25.5 Å². The average molecular weight is 223 g/mol. The minimum atomic E-state index is -0.0131. The molecule has 0 spiro atoms. The van der Waals surface area contributed by atoms with Crippen molar-refractivity contribution in [3.05, 3.63) is 23.9 Å². The Kier molecular flexibility index (Phi) is 4.71. The molecule has 4 nitrogen and oxygen atoms in total. The van der Waals surface area contributed by atoms with Gasteiger partial charge in [0.1, 0.15) is 5.82 Å². The minimum absolute atomic E-state index is 0.0131. The highest BCUT2D eigenvalue weighted by Crippen LogP contribution is 2.22. The summed E-state index contributed by atoms with van der Waals surface area (Å²) in [4.78, 5) is 6.49. The van der Waals surface area contributed by atoms with E-state index in [-0.39, 0.29) is 12.1 Å². The van der Waals surface area contributed by atoms with Gasteiger partial charge < -0.3 is 15.4 Å². The van der Waals surface area contributed by atoms with Gasteiger partial charge in [-0.25, -0.2) is 4.98 Å². The highest BCUT2D eigenvalue weighted by molar-refractivity contribution is 5.48. The number of hydrogen-bond acceptors (Lipinski definition) is 4. The predicted octanol–water partition coefficient (Wildman–Crippen LogP) is 1.57. The van der Waals surface area contributed by atoms with Gasteiger partial charge in [-0.3, -0.25) is 0 Å². The second kappa shape index (κ2) is 5.82. The molecule has 0 bridgehead atoms. The van der Waals surface area contributed by atoms with Crippen LogP contribution >= 0.6 is 0 Å². The minimum Gasteiger partial charge on any atom is -0.383 e. The lowest BCUT2D eigenvalue weighted by molar-refractivity contribution is 0.183. The summed E-state index contributed by atoms with van der Waals surface area (Å²) in [5.41, 5.74) is 6.99. The molecule has 0 amide bonds. The van der Waals surface area contributed by atoms with Crippen LogP contribution in [0.4, 0.5) is 5.82 Å². The van der Waals surface area contributed by atoms with Gasteiger partial charge in [0.15, 0.2) is 0 Å². The number of rotatable bonds is 5. The predicted molar refractivity (Wildman–Crippen MR) is 66.6 cm³/mol. The van der Waals surface area contributed by atoms with Gasteiger partial charge in [-0.05, 0) is 19.9 Å². The Labute approximate surface area is 97.4 Å². The Hall–Kier alpha value is -1.13. The van der Waals surface area contributed by atoms with Gasteiger partial charge in [0, 0.05) is 32.0 Å². The van der Waals surface area contributed by atoms with Gasteiger partial charge in [0.05, 0.1) is 12.6 Å². The molecular weight excluding hydrogens is 202 g/mol. The molecular formula is C12H21N3O. The molecule has 0 aromatic carbocycles. The van der Waals surface area contributed by atoms with E-state index in [9.17, 15) is 0 Å². The van der Waals surface area contributed by atoms with Gasteiger partial charge in [-0.1, -0.05) is 6.07 Å². The molecule has 0 aliphatic rings. The summed E-state index contributed by atoms with van der Waals surface area (Å²) >= 11 is 0. The summed E-state index contributed by atoms with van der Waals surface area (Å²) in [6, 6.07) is 4.19. The van der Waals surface area contributed by atoms with Crippen LogP contribution in [0.25, 0.3) is 0 Å². The number of aromatic nitrogens is 1. The molecule has 90 valence electrons. The maximum Gasteiger partial charge on any atom is 0.133 e. The number of likely N-dealkylation sites (N-methyl/N-ethyl adjacent to an activating group) is 1. The number of hydrogen-bond donors (Lipinski definition) is 1. The molecule has 0 radical (unpaired) electrons. The van der Waals surface area contributed by atoms with Crippen LogP contribution in [0.3, 0.4) is 0 Å². The van der Waals surface area contributed by atoms with Gasteiger partial charge in [0.2, 0.25) is 0 Å². The molecule has 1 heterocycles. The first-order valence-electron chi connectivity index (χ1n) is 5.50. The highest BCUT2D eigenvalue weighted by Gasteiger charge is 2.16. The van der Waals surface area contributed by atoms with Crippen molar-refractivity contribution in [1.82, 2.24) is 4.98 Å². The zero-order chi connectivity index (χ0) is 12.1. The van der Waals surface area contributed by atoms with Crippen molar-refractivity contribution in [3.8, 4) is 0 Å². The second-order valence-electron chi connectivity index (χ2n) is 4.12. The Morgan fingerprint density at radius 1 is 1.50 bits per heavy atom. The first-order valence-corrected chi connectivity index (χ1v) is 5.50. The standard InChI is InChI=1S/C12H21N3O/c1-9(8-16-4)15(3)12-11(10(2)13)6-5-7-14-12/h5-7,9-10H,8,13H2,1-4H3/t9?,10-/m1/s1. The lowest BCUT2D eigenvalue weighted by Gasteiger charge is -2.28. The van der Waals surface area contributed by atoms with Crippen LogP contribution in [-0.4, -0.2) is 31.8 Å². The fourth-order valence-electron chi connectivity index (χ4n) is 1.62. The van der Waals surface area contributed by atoms with Crippen LogP contribution in [0, 0.1) is 0 Å². The van der Waals surface area contributed by atoms with E-state index in [1.54, 1.807) is 13.3 Å². The van der Waals surface area contributed by atoms with Gasteiger partial charge >= 0.3 is 0 Å². The van der Waals surface area contributed by atoms with Crippen LogP contribution in [0.5, 0.6) is 0 Å². The quantitative estimate of drug-likeness (QED) is 0.823. The number of nitrogens with zero attached hydrogens (tertiary/aromatic N) is 2. The topological polar surface area (TPSA) is 51.4 Å². The van der Waals surface area contributed by atoms with E-state index in [4.69, 9.17) is 10.5 Å². The zero-order valence-corrected chi connectivity index (χ0v) is 10.5. The molecule has 2 N–H and O–H groups in total. The van der Waals surface area contributed by atoms with Crippen molar-refractivity contribution < 1.29 is 4.74 Å². The van der Waals surface area contributed by atoms with Crippen LogP contribution in [-0.2, 0) is 4.74 Å². The number of methoxy groups -OCH3 is 1. The van der Waals surface area contributed by atoms with Crippen molar-refractivity contribution in [2.75, 3.05) is 25.7 Å². The lowest BCUT2D eigenvalue weighted by atomic mass is 10.1. The second-order valence-corrected chi connectivity index (χ2v) is 4.12. The van der Waals surface area contributed by atoms with Crippen molar-refractivity contribution in [2.24, 2.45) is 5.73 Å². The zero-order valence-electron chi connectivity index (χ0n) is 10.5. The molecule has 0 aliphatic heterocycles. The molecule has 4 heteroatoms. The summed E-state index contributed by atoms with van der Waals surface area (Å²) in [5.74, 6) is 0.932. The summed E-state index contributed by atoms with van der Waals surface area (Å²) < 4.78 is 5.15. The number of pyridine rings is 1. The van der Waals surface area contributed by atoms with Crippen molar-refractivity contribution in [2.45, 2.75) is 25.9 Å². The Morgan fingerprint density at radius 2 is 2.19 bits per heavy atom. The van der Waals surface area contributed by atoms with Crippen molar-refractivity contribution in [1.29, 1.82) is 0 Å². The van der Waals surface area contributed by atoms with E-state index in [2.05, 4.69) is 16.8 Å². The maximum atomic E-state index is 5.93. The molecule has 1 aromatic rings. The number of anilines is 1. The molecule has 0 fully saturated rings. The molecule has 1 unspecified atom stereocenters. The van der Waals surface area contributed by atoms with Crippen molar-refractivity contribution >= 4 is 5.82 Å². The SMILES string of the molecule is COCC(C)N(C)c1ncccc1[C@@H](C)N. The molecule has 1 aromatic heterocycles. The largest absolute Gasteiger partial charge is 0.383 e. The highest BCUT2D eigenvalue weighted by atomic mass is 16.5. The normalized spacial score (nSPS) is 14.6. The lowest BCUT2D eigenvalue weighted by Crippen LogP contribution is -2.34. The molecule has 0 aliphatic carbocycles. The molecule has 2 atom stereocenters. The van der Waals surface area contributed by atoms with Crippen LogP contribution in [0.15, 0.2) is 18.3 Å². The molecule has 0 saturated heterocycles. The number of nitrogens with two attached hydrogens (primary N) is 1. The van der Waals surface area contributed by atoms with Gasteiger partial charge in [-0.2, -0.15) is 0 Å². The fraction of sp³-hybridized carbons (Fsp3) is 0.583. The van der Waals surface area contributed by atoms with E-state index in [1.807, 2.05) is 26.1 Å². The monoisotopic (exact) mass is 223 g/mol. The van der Waals surface area contributed by atoms with Crippen LogP contribution in [0.2, 0.25) is 0 Å². The Bertz CT molecular complexity index is 328. The van der Waals surface area contributed by atoms with Gasteiger partial charge in [0.25, 0.3) is 0 Å². The van der Waals surface area contributed by atoms with E-state index < -0.39 is 0 Å². The van der Waals surface area contributed by atoms with Crippen molar-refractivity contribution in [3.63, 3.8) is 0 Å². The summed E-state index contributed by atoms with van der Waals surface area (Å²) in [7, 11) is 3.72. The molecule has 0 saturated carbocycles. The fourth-order valence-corrected chi connectivity index (χ4v) is 1.62. The first-order chi connectivity index (χ1) is 7.57. The third-order valence-corrected chi connectivity index (χ3v) is 2.71. The summed E-state index contributed by atoms with van der Waals surface area (Å²) in [5, 5.41) is 0. The van der Waals surface area contributed by atoms with E-state index >= 15 is 0 Å². The van der Waals surface area contributed by atoms with E-state index in [0.29, 0.717) is 6.61 Å². The first kappa shape index (κ1) is 12.9. The molecule has 1 rings (SSSR count). The Morgan fingerprint density at radius 3 is 2.75 bits per heavy atom. The average Bonchev–Trinajstić information content (AvgIpc) is 2.28. The third-order valence-electron chi connectivity index (χ3n) is 2.71. The van der Waals surface area contributed by atoms with E-state index in [1.165, 1.54) is 0 Å². The number of ether oxygens (including phenoxy) is 1. The Balaban J connectivity index is 2.93. The third kappa shape index (κ3) is 2.93. The summed E-state index contributed by atoms with van der Waals surface area (Å²) in [6.07, 6.45) is 1.79.